The number of benzene rings is 2. The molecule has 2 rings (SSSR count). The van der Waals surface area contributed by atoms with Crippen LogP contribution in [0.3, 0.4) is 0 Å². The van der Waals surface area contributed by atoms with Crippen LogP contribution in [-0.4, -0.2) is 11.1 Å². The lowest BCUT2D eigenvalue weighted by Crippen LogP contribution is -2.08. The maximum atomic E-state index is 13.2. The molecule has 2 aromatic carbocycles. The maximum Gasteiger partial charge on any atom is 0.304 e. The Morgan fingerprint density at radius 3 is 2.33 bits per heavy atom. The van der Waals surface area contributed by atoms with Gasteiger partial charge in [0.05, 0.1) is 6.42 Å². The highest BCUT2D eigenvalue weighted by Gasteiger charge is 2.17. The second-order valence-corrected chi connectivity index (χ2v) is 4.12. The van der Waals surface area contributed by atoms with Crippen LogP contribution >= 0.6 is 0 Å². The van der Waals surface area contributed by atoms with E-state index in [4.69, 9.17) is 5.11 Å². The topological polar surface area (TPSA) is 37.3 Å². The number of carbonyl (C=O) groups is 1. The Morgan fingerprint density at radius 2 is 1.72 bits per heavy atom. The quantitative estimate of drug-likeness (QED) is 0.894. The van der Waals surface area contributed by atoms with Gasteiger partial charge in [-0.25, -0.2) is 4.39 Å². The van der Waals surface area contributed by atoms with Crippen LogP contribution in [-0.2, 0) is 4.79 Å². The molecule has 2 nitrogen and oxygen atoms in total. The van der Waals surface area contributed by atoms with Crippen LogP contribution in [0.15, 0.2) is 54.6 Å². The Hall–Kier alpha value is -2.16. The Kier molecular flexibility index (Phi) is 3.72. The van der Waals surface area contributed by atoms with Crippen molar-refractivity contribution in [3.63, 3.8) is 0 Å². The smallest absolute Gasteiger partial charge is 0.304 e. The second kappa shape index (κ2) is 5.45. The highest BCUT2D eigenvalue weighted by molar-refractivity contribution is 5.69. The summed E-state index contributed by atoms with van der Waals surface area (Å²) in [5.74, 6) is -1.56. The van der Waals surface area contributed by atoms with Gasteiger partial charge in [0.2, 0.25) is 0 Å². The molecule has 0 aromatic heterocycles. The molecule has 0 saturated carbocycles. The van der Waals surface area contributed by atoms with Gasteiger partial charge in [-0.3, -0.25) is 4.79 Å². The highest BCUT2D eigenvalue weighted by Crippen LogP contribution is 2.28. The molecule has 0 saturated heterocycles. The molecule has 0 aliphatic rings. The third kappa shape index (κ3) is 2.94. The zero-order valence-electron chi connectivity index (χ0n) is 9.71. The zero-order valence-corrected chi connectivity index (χ0v) is 9.71. The van der Waals surface area contributed by atoms with E-state index in [0.717, 1.165) is 5.56 Å². The van der Waals surface area contributed by atoms with Gasteiger partial charge in [-0.2, -0.15) is 0 Å². The van der Waals surface area contributed by atoms with Crippen molar-refractivity contribution in [3.8, 4) is 0 Å². The van der Waals surface area contributed by atoms with Crippen molar-refractivity contribution in [1.29, 1.82) is 0 Å². The first-order valence-corrected chi connectivity index (χ1v) is 5.69. The van der Waals surface area contributed by atoms with E-state index in [9.17, 15) is 9.18 Å². The first-order chi connectivity index (χ1) is 8.66. The first kappa shape index (κ1) is 12.3. The number of carboxylic acids is 1. The molecule has 18 heavy (non-hydrogen) atoms. The van der Waals surface area contributed by atoms with Crippen molar-refractivity contribution in [1.82, 2.24) is 0 Å². The predicted octanol–water partition coefficient (Wildman–Crippen LogP) is 3.43. The SMILES string of the molecule is O=C(O)C[C@@H](c1ccccc1)c1cccc(F)c1. The number of aliphatic carboxylic acids is 1. The Bertz CT molecular complexity index is 537. The molecule has 0 unspecified atom stereocenters. The lowest BCUT2D eigenvalue weighted by atomic mass is 9.88. The Balaban J connectivity index is 2.40. The molecular weight excluding hydrogens is 231 g/mol. The van der Waals surface area contributed by atoms with Crippen molar-refractivity contribution in [2.24, 2.45) is 0 Å². The van der Waals surface area contributed by atoms with Crippen molar-refractivity contribution < 1.29 is 14.3 Å². The van der Waals surface area contributed by atoms with E-state index >= 15 is 0 Å². The third-order valence-corrected chi connectivity index (χ3v) is 2.83. The summed E-state index contributed by atoms with van der Waals surface area (Å²) in [6.07, 6.45) is -0.0481. The number of rotatable bonds is 4. The summed E-state index contributed by atoms with van der Waals surface area (Å²) in [6, 6.07) is 15.4. The third-order valence-electron chi connectivity index (χ3n) is 2.83. The van der Waals surface area contributed by atoms with Crippen molar-refractivity contribution >= 4 is 5.97 Å². The molecular formula is C15H13FO2. The average molecular weight is 244 g/mol. The fourth-order valence-electron chi connectivity index (χ4n) is 2.01. The monoisotopic (exact) mass is 244 g/mol. The van der Waals surface area contributed by atoms with Crippen LogP contribution in [0.25, 0.3) is 0 Å². The molecule has 1 atom stereocenters. The van der Waals surface area contributed by atoms with E-state index in [2.05, 4.69) is 0 Å². The van der Waals surface area contributed by atoms with Gasteiger partial charge in [0.15, 0.2) is 0 Å². The van der Waals surface area contributed by atoms with Crippen LogP contribution in [0, 0.1) is 5.82 Å². The largest absolute Gasteiger partial charge is 0.481 e. The van der Waals surface area contributed by atoms with Crippen LogP contribution < -0.4 is 0 Å². The zero-order chi connectivity index (χ0) is 13.0. The van der Waals surface area contributed by atoms with Crippen molar-refractivity contribution in [2.75, 3.05) is 0 Å². The number of halogens is 1. The molecule has 0 fully saturated rings. The van der Waals surface area contributed by atoms with Crippen molar-refractivity contribution in [3.05, 3.63) is 71.5 Å². The van der Waals surface area contributed by atoms with E-state index in [1.165, 1.54) is 12.1 Å². The molecule has 0 bridgehead atoms. The summed E-state index contributed by atoms with van der Waals surface area (Å²) < 4.78 is 13.2. The maximum absolute atomic E-state index is 13.2. The van der Waals surface area contributed by atoms with Gasteiger partial charge in [0.1, 0.15) is 5.82 Å². The first-order valence-electron chi connectivity index (χ1n) is 5.69. The Morgan fingerprint density at radius 1 is 1.06 bits per heavy atom. The van der Waals surface area contributed by atoms with Gasteiger partial charge in [-0.15, -0.1) is 0 Å². The van der Waals surface area contributed by atoms with Crippen LogP contribution in [0.4, 0.5) is 4.39 Å². The number of hydrogen-bond donors (Lipinski definition) is 1. The molecule has 0 aliphatic carbocycles. The summed E-state index contributed by atoms with van der Waals surface area (Å²) in [5, 5.41) is 8.98. The lowest BCUT2D eigenvalue weighted by molar-refractivity contribution is -0.137. The minimum Gasteiger partial charge on any atom is -0.481 e. The van der Waals surface area contributed by atoms with E-state index in [0.29, 0.717) is 5.56 Å². The lowest BCUT2D eigenvalue weighted by Gasteiger charge is -2.15. The fraction of sp³-hybridized carbons (Fsp3) is 0.133. The predicted molar refractivity (Wildman–Crippen MR) is 66.9 cm³/mol. The summed E-state index contributed by atoms with van der Waals surface area (Å²) in [5.41, 5.74) is 1.56. The second-order valence-electron chi connectivity index (χ2n) is 4.12. The molecule has 0 amide bonds. The van der Waals surface area contributed by atoms with Gasteiger partial charge < -0.3 is 5.11 Å². The van der Waals surface area contributed by atoms with Gasteiger partial charge in [-0.1, -0.05) is 42.5 Å². The van der Waals surface area contributed by atoms with E-state index < -0.39 is 5.97 Å². The molecule has 3 heteroatoms. The minimum absolute atomic E-state index is 0.0481. The van der Waals surface area contributed by atoms with E-state index in [-0.39, 0.29) is 18.2 Å². The van der Waals surface area contributed by atoms with Crippen LogP contribution in [0.1, 0.15) is 23.5 Å². The van der Waals surface area contributed by atoms with Crippen LogP contribution in [0.5, 0.6) is 0 Å². The Labute approximate surface area is 105 Å². The van der Waals surface area contributed by atoms with Gasteiger partial charge in [0, 0.05) is 5.92 Å². The van der Waals surface area contributed by atoms with Gasteiger partial charge in [0.25, 0.3) is 0 Å². The molecule has 0 heterocycles. The van der Waals surface area contributed by atoms with Gasteiger partial charge >= 0.3 is 5.97 Å². The number of carboxylic acid groups (broad SMARTS) is 1. The van der Waals surface area contributed by atoms with E-state index in [1.807, 2.05) is 30.3 Å². The highest BCUT2D eigenvalue weighted by atomic mass is 19.1. The van der Waals surface area contributed by atoms with Crippen molar-refractivity contribution in [2.45, 2.75) is 12.3 Å². The summed E-state index contributed by atoms with van der Waals surface area (Å²) in [4.78, 5) is 10.9. The van der Waals surface area contributed by atoms with Gasteiger partial charge in [-0.05, 0) is 23.3 Å². The molecule has 1 N–H and O–H groups in total. The summed E-state index contributed by atoms with van der Waals surface area (Å²) >= 11 is 0. The molecule has 2 aromatic rings. The molecule has 0 radical (unpaired) electrons. The number of hydrogen-bond acceptors (Lipinski definition) is 1. The van der Waals surface area contributed by atoms with Crippen LogP contribution in [0.2, 0.25) is 0 Å². The fourth-order valence-corrected chi connectivity index (χ4v) is 2.01. The average Bonchev–Trinajstić information content (AvgIpc) is 2.37. The minimum atomic E-state index is -0.895. The van der Waals surface area contributed by atoms with E-state index in [1.54, 1.807) is 12.1 Å². The molecule has 0 spiro atoms. The standard InChI is InChI=1S/C15H13FO2/c16-13-8-4-7-12(9-13)14(10-15(17)18)11-5-2-1-3-6-11/h1-9,14H,10H2,(H,17,18)/t14-/m0/s1. The summed E-state index contributed by atoms with van der Waals surface area (Å²) in [7, 11) is 0. The molecule has 92 valence electrons. The normalized spacial score (nSPS) is 12.1. The molecule has 0 aliphatic heterocycles. The summed E-state index contributed by atoms with van der Waals surface area (Å²) in [6.45, 7) is 0.